The number of aliphatic carboxylic acids is 1. The van der Waals surface area contributed by atoms with Crippen LogP contribution in [0.15, 0.2) is 18.2 Å². The molecule has 108 valence electrons. The van der Waals surface area contributed by atoms with E-state index in [1.54, 1.807) is 4.90 Å². The van der Waals surface area contributed by atoms with E-state index in [1.807, 2.05) is 0 Å². The van der Waals surface area contributed by atoms with E-state index < -0.39 is 5.97 Å². The molecule has 1 aromatic rings. The highest BCUT2D eigenvalue weighted by Gasteiger charge is 2.27. The Labute approximate surface area is 116 Å². The standard InChI is InChI=1S/C14H17NO5/c16-11-3-2-10(7-12(11)17)14(20)15-6-5-9(8-15)1-4-13(18)19/h2-3,7,9,16-17H,1,4-6,8H2,(H,18,19). The predicted molar refractivity (Wildman–Crippen MR) is 70.7 cm³/mol. The fraction of sp³-hybridized carbons (Fsp3) is 0.429. The van der Waals surface area contributed by atoms with Crippen LogP contribution in [0.2, 0.25) is 0 Å². The summed E-state index contributed by atoms with van der Waals surface area (Å²) in [6.45, 7) is 1.12. The lowest BCUT2D eigenvalue weighted by atomic mass is 10.0. The van der Waals surface area contributed by atoms with E-state index in [1.165, 1.54) is 18.2 Å². The molecule has 1 heterocycles. The highest BCUT2D eigenvalue weighted by atomic mass is 16.4. The first-order valence-corrected chi connectivity index (χ1v) is 6.50. The highest BCUT2D eigenvalue weighted by Crippen LogP contribution is 2.27. The van der Waals surface area contributed by atoms with Gasteiger partial charge >= 0.3 is 5.97 Å². The molecule has 1 unspecified atom stereocenters. The van der Waals surface area contributed by atoms with Crippen molar-refractivity contribution >= 4 is 11.9 Å². The second-order valence-electron chi connectivity index (χ2n) is 5.04. The molecule has 1 saturated heterocycles. The molecule has 20 heavy (non-hydrogen) atoms. The maximum Gasteiger partial charge on any atom is 0.303 e. The van der Waals surface area contributed by atoms with Gasteiger partial charge < -0.3 is 20.2 Å². The highest BCUT2D eigenvalue weighted by molar-refractivity contribution is 5.95. The maximum atomic E-state index is 12.2. The first-order chi connectivity index (χ1) is 9.47. The van der Waals surface area contributed by atoms with Gasteiger partial charge in [0.1, 0.15) is 0 Å². The fourth-order valence-electron chi connectivity index (χ4n) is 2.42. The molecule has 0 radical (unpaired) electrons. The number of hydrogen-bond acceptors (Lipinski definition) is 4. The second-order valence-corrected chi connectivity index (χ2v) is 5.04. The summed E-state index contributed by atoms with van der Waals surface area (Å²) in [5.41, 5.74) is 0.319. The van der Waals surface area contributed by atoms with E-state index in [2.05, 4.69) is 0 Å². The van der Waals surface area contributed by atoms with Gasteiger partial charge in [-0.05, 0) is 37.0 Å². The van der Waals surface area contributed by atoms with Gasteiger partial charge in [-0.2, -0.15) is 0 Å². The zero-order chi connectivity index (χ0) is 14.7. The predicted octanol–water partition coefficient (Wildman–Crippen LogP) is 1.42. The first-order valence-electron chi connectivity index (χ1n) is 6.50. The molecule has 1 aliphatic rings. The minimum Gasteiger partial charge on any atom is -0.504 e. The molecule has 1 atom stereocenters. The van der Waals surface area contributed by atoms with Gasteiger partial charge in [0.05, 0.1) is 0 Å². The Hall–Kier alpha value is -2.24. The largest absolute Gasteiger partial charge is 0.504 e. The number of aromatic hydroxyl groups is 2. The molecule has 3 N–H and O–H groups in total. The smallest absolute Gasteiger partial charge is 0.303 e. The van der Waals surface area contributed by atoms with Crippen LogP contribution in [0, 0.1) is 5.92 Å². The molecule has 0 bridgehead atoms. The Balaban J connectivity index is 1.97. The Morgan fingerprint density at radius 3 is 2.65 bits per heavy atom. The second kappa shape index (κ2) is 5.81. The molecule has 0 spiro atoms. The van der Waals surface area contributed by atoms with Crippen molar-refractivity contribution in [3.05, 3.63) is 23.8 Å². The van der Waals surface area contributed by atoms with E-state index in [-0.39, 0.29) is 29.7 Å². The number of phenolic OH excluding ortho intramolecular Hbond substituents is 2. The summed E-state index contributed by atoms with van der Waals surface area (Å²) in [4.78, 5) is 24.4. The maximum absolute atomic E-state index is 12.2. The topological polar surface area (TPSA) is 98.1 Å². The number of carboxylic acid groups (broad SMARTS) is 1. The molecule has 0 aromatic heterocycles. The first kappa shape index (κ1) is 14.2. The third kappa shape index (κ3) is 3.20. The molecule has 0 aliphatic carbocycles. The molecule has 6 nitrogen and oxygen atoms in total. The number of hydrogen-bond donors (Lipinski definition) is 3. The molecular formula is C14H17NO5. The minimum atomic E-state index is -0.821. The number of nitrogens with zero attached hydrogens (tertiary/aromatic N) is 1. The van der Waals surface area contributed by atoms with E-state index in [9.17, 15) is 19.8 Å². The average Bonchev–Trinajstić information content (AvgIpc) is 2.87. The van der Waals surface area contributed by atoms with Crippen LogP contribution in [-0.4, -0.2) is 45.2 Å². The van der Waals surface area contributed by atoms with E-state index >= 15 is 0 Å². The summed E-state index contributed by atoms with van der Waals surface area (Å²) in [7, 11) is 0. The summed E-state index contributed by atoms with van der Waals surface area (Å²) in [6, 6.07) is 3.98. The molecular weight excluding hydrogens is 262 g/mol. The molecule has 2 rings (SSSR count). The number of likely N-dealkylation sites (tertiary alicyclic amines) is 1. The number of rotatable bonds is 4. The molecule has 1 aromatic carbocycles. The number of carbonyl (C=O) groups excluding carboxylic acids is 1. The van der Waals surface area contributed by atoms with Gasteiger partial charge in [-0.25, -0.2) is 0 Å². The zero-order valence-corrected chi connectivity index (χ0v) is 11.0. The lowest BCUT2D eigenvalue weighted by Gasteiger charge is -2.16. The Morgan fingerprint density at radius 1 is 1.25 bits per heavy atom. The summed E-state index contributed by atoms with van der Waals surface area (Å²) in [5.74, 6) is -1.41. The van der Waals surface area contributed by atoms with Crippen molar-refractivity contribution in [2.75, 3.05) is 13.1 Å². The monoisotopic (exact) mass is 279 g/mol. The van der Waals surface area contributed by atoms with Crippen LogP contribution in [0.3, 0.4) is 0 Å². The fourth-order valence-corrected chi connectivity index (χ4v) is 2.42. The van der Waals surface area contributed by atoms with Crippen molar-refractivity contribution in [1.29, 1.82) is 0 Å². The zero-order valence-electron chi connectivity index (χ0n) is 11.0. The average molecular weight is 279 g/mol. The van der Waals surface area contributed by atoms with Crippen LogP contribution in [0.25, 0.3) is 0 Å². The van der Waals surface area contributed by atoms with Crippen molar-refractivity contribution in [2.24, 2.45) is 5.92 Å². The summed E-state index contributed by atoms with van der Waals surface area (Å²) < 4.78 is 0. The van der Waals surface area contributed by atoms with Gasteiger partial charge in [-0.15, -0.1) is 0 Å². The number of amides is 1. The van der Waals surface area contributed by atoms with Gasteiger partial charge in [-0.3, -0.25) is 9.59 Å². The van der Waals surface area contributed by atoms with Crippen LogP contribution < -0.4 is 0 Å². The Bertz CT molecular complexity index is 528. The van der Waals surface area contributed by atoms with Gasteiger partial charge in [0.25, 0.3) is 5.91 Å². The minimum absolute atomic E-state index is 0.118. The van der Waals surface area contributed by atoms with Crippen molar-refractivity contribution < 1.29 is 24.9 Å². The van der Waals surface area contributed by atoms with Crippen molar-refractivity contribution in [2.45, 2.75) is 19.3 Å². The van der Waals surface area contributed by atoms with Gasteiger partial charge in [0.2, 0.25) is 0 Å². The van der Waals surface area contributed by atoms with Crippen molar-refractivity contribution in [1.82, 2.24) is 4.90 Å². The molecule has 1 aliphatic heterocycles. The van der Waals surface area contributed by atoms with Crippen molar-refractivity contribution in [3.63, 3.8) is 0 Å². The van der Waals surface area contributed by atoms with E-state index in [0.29, 0.717) is 25.1 Å². The van der Waals surface area contributed by atoms with Gasteiger partial charge in [0.15, 0.2) is 11.5 Å². The Kier molecular flexibility index (Phi) is 4.12. The molecule has 0 saturated carbocycles. The van der Waals surface area contributed by atoms with Crippen LogP contribution in [0.4, 0.5) is 0 Å². The summed E-state index contributed by atoms with van der Waals surface area (Å²) >= 11 is 0. The summed E-state index contributed by atoms with van der Waals surface area (Å²) in [5, 5.41) is 27.3. The van der Waals surface area contributed by atoms with Gasteiger partial charge in [-0.1, -0.05) is 0 Å². The lowest BCUT2D eigenvalue weighted by molar-refractivity contribution is -0.137. The SMILES string of the molecule is O=C(O)CCC1CCN(C(=O)c2ccc(O)c(O)c2)C1. The molecule has 6 heteroatoms. The van der Waals surface area contributed by atoms with E-state index in [0.717, 1.165) is 6.42 Å². The number of carbonyl (C=O) groups is 2. The quantitative estimate of drug-likeness (QED) is 0.724. The van der Waals surface area contributed by atoms with Crippen LogP contribution in [-0.2, 0) is 4.79 Å². The van der Waals surface area contributed by atoms with Gasteiger partial charge in [0, 0.05) is 25.1 Å². The lowest BCUT2D eigenvalue weighted by Crippen LogP contribution is -2.28. The summed E-state index contributed by atoms with van der Waals surface area (Å²) in [6.07, 6.45) is 1.48. The third-order valence-corrected chi connectivity index (χ3v) is 3.56. The third-order valence-electron chi connectivity index (χ3n) is 3.56. The Morgan fingerprint density at radius 2 is 2.00 bits per heavy atom. The van der Waals surface area contributed by atoms with Crippen LogP contribution >= 0.6 is 0 Å². The normalized spacial score (nSPS) is 18.2. The van der Waals surface area contributed by atoms with Crippen molar-refractivity contribution in [3.8, 4) is 11.5 Å². The number of phenols is 2. The number of carboxylic acids is 1. The molecule has 1 amide bonds. The van der Waals surface area contributed by atoms with Crippen LogP contribution in [0.5, 0.6) is 11.5 Å². The number of benzene rings is 1. The molecule has 1 fully saturated rings. The van der Waals surface area contributed by atoms with Crippen LogP contribution in [0.1, 0.15) is 29.6 Å². The van der Waals surface area contributed by atoms with E-state index in [4.69, 9.17) is 5.11 Å².